The van der Waals surface area contributed by atoms with Gasteiger partial charge in [0.05, 0.1) is 0 Å². The van der Waals surface area contributed by atoms with Gasteiger partial charge in [0.2, 0.25) is 5.91 Å². The Morgan fingerprint density at radius 3 is 2.48 bits per heavy atom. The number of aromatic hydroxyl groups is 1. The first-order valence-electron chi connectivity index (χ1n) is 6.60. The second-order valence-electron chi connectivity index (χ2n) is 4.94. The van der Waals surface area contributed by atoms with Gasteiger partial charge in [-0.25, -0.2) is 0 Å². The summed E-state index contributed by atoms with van der Waals surface area (Å²) in [7, 11) is 0. The molecule has 0 aromatic heterocycles. The third-order valence-electron chi connectivity index (χ3n) is 3.16. The van der Waals surface area contributed by atoms with E-state index in [1.807, 2.05) is 19.1 Å². The second-order valence-corrected chi connectivity index (χ2v) is 4.94. The highest BCUT2D eigenvalue weighted by atomic mass is 16.3. The number of phenolic OH excluding ortho intramolecular Hbond substituents is 1. The number of amides is 1. The van der Waals surface area contributed by atoms with E-state index in [0.29, 0.717) is 11.4 Å². The zero-order chi connectivity index (χ0) is 15.4. The summed E-state index contributed by atoms with van der Waals surface area (Å²) in [6, 6.07) is 10.6. The number of phenols is 1. The van der Waals surface area contributed by atoms with Gasteiger partial charge in [-0.1, -0.05) is 12.1 Å². The fourth-order valence-electron chi connectivity index (χ4n) is 1.89. The Kier molecular flexibility index (Phi) is 4.28. The summed E-state index contributed by atoms with van der Waals surface area (Å²) < 4.78 is 0. The highest BCUT2D eigenvalue weighted by Gasteiger charge is 2.05. The standard InChI is InChI=1S/C17H18N2O2/c1-11-10-16(20)12(2)9-15(11)19-17(21)8-5-13-3-6-14(18)7-4-13/h3-10,20H,18H2,1-2H3,(H,19,21)/b8-5+. The van der Waals surface area contributed by atoms with Crippen LogP contribution in [0.15, 0.2) is 42.5 Å². The SMILES string of the molecule is Cc1cc(NC(=O)/C=C/c2ccc(N)cc2)c(C)cc1O. The molecule has 0 fully saturated rings. The van der Waals surface area contributed by atoms with Gasteiger partial charge in [0, 0.05) is 17.5 Å². The van der Waals surface area contributed by atoms with Crippen molar-refractivity contribution in [1.29, 1.82) is 0 Å². The fraction of sp³-hybridized carbons (Fsp3) is 0.118. The molecule has 0 aliphatic rings. The van der Waals surface area contributed by atoms with Gasteiger partial charge in [-0.3, -0.25) is 4.79 Å². The normalized spacial score (nSPS) is 10.8. The molecule has 0 saturated carbocycles. The maximum absolute atomic E-state index is 11.9. The monoisotopic (exact) mass is 282 g/mol. The van der Waals surface area contributed by atoms with Gasteiger partial charge in [0.15, 0.2) is 0 Å². The zero-order valence-corrected chi connectivity index (χ0v) is 12.1. The molecule has 0 aliphatic heterocycles. The minimum atomic E-state index is -0.222. The molecule has 0 aliphatic carbocycles. The third kappa shape index (κ3) is 3.86. The van der Waals surface area contributed by atoms with E-state index in [0.717, 1.165) is 16.7 Å². The molecular formula is C17H18N2O2. The quantitative estimate of drug-likeness (QED) is 0.459. The van der Waals surface area contributed by atoms with E-state index in [1.165, 1.54) is 6.08 Å². The molecule has 0 saturated heterocycles. The first-order chi connectivity index (χ1) is 9.95. The molecule has 0 radical (unpaired) electrons. The lowest BCUT2D eigenvalue weighted by Gasteiger charge is -2.09. The Bertz CT molecular complexity index is 689. The van der Waals surface area contributed by atoms with E-state index in [2.05, 4.69) is 5.32 Å². The van der Waals surface area contributed by atoms with E-state index in [-0.39, 0.29) is 11.7 Å². The molecule has 2 rings (SSSR count). The van der Waals surface area contributed by atoms with Crippen LogP contribution in [0.3, 0.4) is 0 Å². The van der Waals surface area contributed by atoms with Crippen molar-refractivity contribution >= 4 is 23.4 Å². The zero-order valence-electron chi connectivity index (χ0n) is 12.1. The second kappa shape index (κ2) is 6.13. The van der Waals surface area contributed by atoms with Crippen LogP contribution in [0.25, 0.3) is 6.08 Å². The van der Waals surface area contributed by atoms with Crippen molar-refractivity contribution in [2.24, 2.45) is 0 Å². The fourth-order valence-corrected chi connectivity index (χ4v) is 1.89. The number of nitrogen functional groups attached to an aromatic ring is 1. The Morgan fingerprint density at radius 1 is 1.14 bits per heavy atom. The van der Waals surface area contributed by atoms with Crippen molar-refractivity contribution in [2.45, 2.75) is 13.8 Å². The van der Waals surface area contributed by atoms with Crippen molar-refractivity contribution in [1.82, 2.24) is 0 Å². The van der Waals surface area contributed by atoms with Crippen molar-refractivity contribution < 1.29 is 9.90 Å². The average molecular weight is 282 g/mol. The molecule has 2 aromatic rings. The number of carbonyl (C=O) groups excluding carboxylic acids is 1. The van der Waals surface area contributed by atoms with Gasteiger partial charge in [0.25, 0.3) is 0 Å². The number of nitrogens with two attached hydrogens (primary N) is 1. The number of hydrogen-bond donors (Lipinski definition) is 3. The molecule has 0 bridgehead atoms. The average Bonchev–Trinajstić information content (AvgIpc) is 2.44. The van der Waals surface area contributed by atoms with Crippen LogP contribution in [-0.4, -0.2) is 11.0 Å². The Balaban J connectivity index is 2.08. The smallest absolute Gasteiger partial charge is 0.248 e. The van der Waals surface area contributed by atoms with E-state index in [1.54, 1.807) is 37.3 Å². The van der Waals surface area contributed by atoms with Crippen LogP contribution in [0.1, 0.15) is 16.7 Å². The van der Waals surface area contributed by atoms with E-state index in [9.17, 15) is 9.90 Å². The summed E-state index contributed by atoms with van der Waals surface area (Å²) in [5.41, 5.74) is 9.42. The highest BCUT2D eigenvalue weighted by Crippen LogP contribution is 2.24. The Morgan fingerprint density at radius 2 is 1.81 bits per heavy atom. The van der Waals surface area contributed by atoms with Gasteiger partial charge < -0.3 is 16.2 Å². The van der Waals surface area contributed by atoms with Gasteiger partial charge in [-0.2, -0.15) is 0 Å². The highest BCUT2D eigenvalue weighted by molar-refractivity contribution is 6.02. The van der Waals surface area contributed by atoms with Crippen LogP contribution in [-0.2, 0) is 4.79 Å². The number of hydrogen-bond acceptors (Lipinski definition) is 3. The first kappa shape index (κ1) is 14.7. The molecular weight excluding hydrogens is 264 g/mol. The number of rotatable bonds is 3. The van der Waals surface area contributed by atoms with Crippen molar-refractivity contribution in [3.05, 3.63) is 59.2 Å². The Labute approximate surface area is 123 Å². The summed E-state index contributed by atoms with van der Waals surface area (Å²) in [6.45, 7) is 3.62. The molecule has 4 nitrogen and oxygen atoms in total. The summed E-state index contributed by atoms with van der Waals surface area (Å²) in [5, 5.41) is 12.4. The summed E-state index contributed by atoms with van der Waals surface area (Å²) in [5.74, 6) is 0.00271. The topological polar surface area (TPSA) is 75.4 Å². The molecule has 21 heavy (non-hydrogen) atoms. The van der Waals surface area contributed by atoms with E-state index >= 15 is 0 Å². The van der Waals surface area contributed by atoms with E-state index in [4.69, 9.17) is 5.73 Å². The molecule has 0 spiro atoms. The minimum Gasteiger partial charge on any atom is -0.508 e. The number of nitrogens with one attached hydrogen (secondary N) is 1. The molecule has 1 amide bonds. The predicted octanol–water partition coefficient (Wildman–Crippen LogP) is 3.24. The molecule has 0 atom stereocenters. The van der Waals surface area contributed by atoms with Crippen LogP contribution in [0, 0.1) is 13.8 Å². The number of anilines is 2. The lowest BCUT2D eigenvalue weighted by atomic mass is 10.1. The summed E-state index contributed by atoms with van der Waals surface area (Å²) in [4.78, 5) is 11.9. The first-order valence-corrected chi connectivity index (χ1v) is 6.60. The summed E-state index contributed by atoms with van der Waals surface area (Å²) >= 11 is 0. The van der Waals surface area contributed by atoms with Gasteiger partial charge in [-0.15, -0.1) is 0 Å². The number of carbonyl (C=O) groups is 1. The maximum atomic E-state index is 11.9. The largest absolute Gasteiger partial charge is 0.508 e. The Hall–Kier alpha value is -2.75. The lowest BCUT2D eigenvalue weighted by molar-refractivity contribution is -0.111. The van der Waals surface area contributed by atoms with Gasteiger partial charge in [0.1, 0.15) is 5.75 Å². The lowest BCUT2D eigenvalue weighted by Crippen LogP contribution is -2.09. The molecule has 2 aromatic carbocycles. The molecule has 0 heterocycles. The van der Waals surface area contributed by atoms with Gasteiger partial charge >= 0.3 is 0 Å². The number of benzene rings is 2. The third-order valence-corrected chi connectivity index (χ3v) is 3.16. The number of aryl methyl sites for hydroxylation is 2. The van der Waals surface area contributed by atoms with Gasteiger partial charge in [-0.05, 0) is 60.9 Å². The molecule has 4 N–H and O–H groups in total. The van der Waals surface area contributed by atoms with E-state index < -0.39 is 0 Å². The van der Waals surface area contributed by atoms with Crippen molar-refractivity contribution in [3.8, 4) is 5.75 Å². The van der Waals surface area contributed by atoms with Crippen LogP contribution in [0.5, 0.6) is 5.75 Å². The predicted molar refractivity (Wildman–Crippen MR) is 86.1 cm³/mol. The van der Waals surface area contributed by atoms with Crippen LogP contribution in [0.4, 0.5) is 11.4 Å². The van der Waals surface area contributed by atoms with Crippen molar-refractivity contribution in [2.75, 3.05) is 11.1 Å². The maximum Gasteiger partial charge on any atom is 0.248 e. The van der Waals surface area contributed by atoms with Crippen LogP contribution in [0.2, 0.25) is 0 Å². The molecule has 108 valence electrons. The minimum absolute atomic E-state index is 0.222. The van der Waals surface area contributed by atoms with Crippen molar-refractivity contribution in [3.63, 3.8) is 0 Å². The summed E-state index contributed by atoms with van der Waals surface area (Å²) in [6.07, 6.45) is 3.19. The van der Waals surface area contributed by atoms with Crippen LogP contribution >= 0.6 is 0 Å². The molecule has 4 heteroatoms. The molecule has 0 unspecified atom stereocenters. The van der Waals surface area contributed by atoms with Crippen LogP contribution < -0.4 is 11.1 Å².